The van der Waals surface area contributed by atoms with Crippen LogP contribution in [0.3, 0.4) is 0 Å². The molecule has 5 heteroatoms. The molecular formula is C36H67N3O2. The number of carbonyl (C=O) groups excluding carboxylic acids is 1. The number of carbonyl (C=O) groups is 1. The summed E-state index contributed by atoms with van der Waals surface area (Å²) in [7, 11) is 2.16. The average Bonchev–Trinajstić information content (AvgIpc) is 3.27. The lowest BCUT2D eigenvalue weighted by molar-refractivity contribution is -0.203. The zero-order chi connectivity index (χ0) is 30.0. The van der Waals surface area contributed by atoms with Crippen LogP contribution in [0.25, 0.3) is 0 Å². The topological polar surface area (TPSA) is 78.6 Å². The second-order valence-corrected chi connectivity index (χ2v) is 16.4. The second kappa shape index (κ2) is 13.6. The van der Waals surface area contributed by atoms with Crippen molar-refractivity contribution >= 4 is 5.91 Å². The summed E-state index contributed by atoms with van der Waals surface area (Å²) in [5.41, 5.74) is 6.68. The summed E-state index contributed by atoms with van der Waals surface area (Å²) in [4.78, 5) is 16.2. The molecule has 0 radical (unpaired) electrons. The number of nitrogens with one attached hydrogen (secondary N) is 1. The average molecular weight is 574 g/mol. The van der Waals surface area contributed by atoms with Crippen molar-refractivity contribution in [1.82, 2.24) is 10.2 Å². The zero-order valence-electron chi connectivity index (χ0n) is 28.0. The van der Waals surface area contributed by atoms with Gasteiger partial charge in [-0.2, -0.15) is 0 Å². The largest absolute Gasteiger partial charge is 0.393 e. The molecule has 0 spiro atoms. The normalized spacial score (nSPS) is 41.1. The Morgan fingerprint density at radius 3 is 2.34 bits per heavy atom. The molecule has 4 rings (SSSR count). The smallest absolute Gasteiger partial charge is 0.223 e. The molecule has 0 bridgehead atoms. The van der Waals surface area contributed by atoms with Crippen LogP contribution in [-0.2, 0) is 4.79 Å². The molecule has 10 atom stereocenters. The first-order valence-electron chi connectivity index (χ1n) is 17.7. The number of aliphatic hydroxyl groups is 1. The third kappa shape index (κ3) is 6.44. The summed E-state index contributed by atoms with van der Waals surface area (Å²) in [6, 6.07) is 0. The molecule has 1 amide bonds. The van der Waals surface area contributed by atoms with E-state index in [1.54, 1.807) is 0 Å². The molecule has 41 heavy (non-hydrogen) atoms. The molecule has 0 heterocycles. The summed E-state index contributed by atoms with van der Waals surface area (Å²) in [5, 5.41) is 14.2. The van der Waals surface area contributed by atoms with Crippen LogP contribution < -0.4 is 11.1 Å². The molecule has 238 valence electrons. The first-order valence-corrected chi connectivity index (χ1v) is 17.7. The van der Waals surface area contributed by atoms with Gasteiger partial charge in [0.05, 0.1) is 6.10 Å². The number of hydrogen-bond donors (Lipinski definition) is 3. The van der Waals surface area contributed by atoms with Crippen LogP contribution in [0.5, 0.6) is 0 Å². The lowest BCUT2D eigenvalue weighted by Gasteiger charge is -2.68. The number of nitrogens with two attached hydrogens (primary N) is 1. The highest BCUT2D eigenvalue weighted by molar-refractivity contribution is 5.79. The summed E-state index contributed by atoms with van der Waals surface area (Å²) >= 11 is 0. The van der Waals surface area contributed by atoms with E-state index in [0.717, 1.165) is 64.2 Å². The molecule has 0 saturated heterocycles. The van der Waals surface area contributed by atoms with Crippen LogP contribution in [0.1, 0.15) is 125 Å². The third-order valence-electron chi connectivity index (χ3n) is 13.9. The molecule has 0 aromatic heterocycles. The van der Waals surface area contributed by atoms with Crippen LogP contribution in [0, 0.1) is 57.7 Å². The fourth-order valence-corrected chi connectivity index (χ4v) is 11.3. The quantitative estimate of drug-likeness (QED) is 0.210. The van der Waals surface area contributed by atoms with Crippen LogP contribution in [0.4, 0.5) is 0 Å². The van der Waals surface area contributed by atoms with Gasteiger partial charge in [-0.25, -0.2) is 0 Å². The van der Waals surface area contributed by atoms with Gasteiger partial charge >= 0.3 is 0 Å². The van der Waals surface area contributed by atoms with Crippen molar-refractivity contribution in [2.45, 2.75) is 131 Å². The van der Waals surface area contributed by atoms with Gasteiger partial charge in [0, 0.05) is 12.5 Å². The van der Waals surface area contributed by atoms with Gasteiger partial charge in [0.15, 0.2) is 0 Å². The number of nitrogens with zero attached hydrogens (tertiary/aromatic N) is 1. The Hall–Kier alpha value is -0.650. The molecule has 4 N–H and O–H groups in total. The maximum Gasteiger partial charge on any atom is 0.223 e. The number of fused-ring (bicyclic) bond motifs is 5. The highest BCUT2D eigenvalue weighted by Gasteiger charge is 2.67. The van der Waals surface area contributed by atoms with Crippen molar-refractivity contribution in [2.24, 2.45) is 63.4 Å². The van der Waals surface area contributed by atoms with E-state index < -0.39 is 0 Å². The van der Waals surface area contributed by atoms with Gasteiger partial charge in [0.1, 0.15) is 0 Å². The summed E-state index contributed by atoms with van der Waals surface area (Å²) in [6.07, 6.45) is 15.2. The van der Waals surface area contributed by atoms with Crippen molar-refractivity contribution in [1.29, 1.82) is 0 Å². The Labute approximate surface area is 253 Å². The summed E-state index contributed by atoms with van der Waals surface area (Å²) in [6.45, 7) is 18.4. The van der Waals surface area contributed by atoms with E-state index >= 15 is 0 Å². The molecule has 4 aliphatic carbocycles. The minimum absolute atomic E-state index is 0.114. The highest BCUT2D eigenvalue weighted by atomic mass is 16.3. The van der Waals surface area contributed by atoms with E-state index in [2.05, 4.69) is 58.8 Å². The lowest BCUT2D eigenvalue weighted by Crippen LogP contribution is -2.62. The van der Waals surface area contributed by atoms with E-state index in [1.165, 1.54) is 51.4 Å². The van der Waals surface area contributed by atoms with E-state index in [4.69, 9.17) is 5.73 Å². The maximum absolute atomic E-state index is 13.9. The van der Waals surface area contributed by atoms with Crippen LogP contribution in [0.2, 0.25) is 0 Å². The second-order valence-electron chi connectivity index (χ2n) is 16.4. The van der Waals surface area contributed by atoms with Gasteiger partial charge < -0.3 is 21.1 Å². The molecule has 4 unspecified atom stereocenters. The van der Waals surface area contributed by atoms with Crippen molar-refractivity contribution in [3.8, 4) is 0 Å². The molecule has 0 aliphatic heterocycles. The Morgan fingerprint density at radius 1 is 0.927 bits per heavy atom. The van der Waals surface area contributed by atoms with Crippen LogP contribution >= 0.6 is 0 Å². The highest BCUT2D eigenvalue weighted by Crippen LogP contribution is 2.74. The molecule has 0 aromatic carbocycles. The first-order chi connectivity index (χ1) is 19.4. The lowest BCUT2D eigenvalue weighted by atomic mass is 9.37. The molecule has 4 aliphatic rings. The van der Waals surface area contributed by atoms with E-state index in [-0.39, 0.29) is 12.0 Å². The molecule has 0 aromatic rings. The van der Waals surface area contributed by atoms with Gasteiger partial charge in [0.2, 0.25) is 5.91 Å². The van der Waals surface area contributed by atoms with Crippen molar-refractivity contribution < 1.29 is 9.90 Å². The SMILES string of the molecule is CC(C)CCCC(C(=O)NCCCN(C)CCCN)[C@H]1CC[C@@]2(C)C1CCC1[C@@]3(C)CC[C@@H](O)[C@@H](C)C3CC[C@@]12C. The summed E-state index contributed by atoms with van der Waals surface area (Å²) in [5.74, 6) is 4.20. The number of hydrogen-bond acceptors (Lipinski definition) is 4. The third-order valence-corrected chi connectivity index (χ3v) is 13.9. The first kappa shape index (κ1) is 33.2. The Balaban J connectivity index is 1.47. The molecule has 5 nitrogen and oxygen atoms in total. The van der Waals surface area contributed by atoms with Gasteiger partial charge in [0.25, 0.3) is 0 Å². The minimum Gasteiger partial charge on any atom is -0.393 e. The number of aliphatic hydroxyl groups excluding tert-OH is 1. The van der Waals surface area contributed by atoms with Crippen molar-refractivity contribution in [3.63, 3.8) is 0 Å². The zero-order valence-corrected chi connectivity index (χ0v) is 28.0. The van der Waals surface area contributed by atoms with Crippen molar-refractivity contribution in [3.05, 3.63) is 0 Å². The predicted octanol–water partition coefficient (Wildman–Crippen LogP) is 6.87. The Kier molecular flexibility index (Phi) is 11.0. The standard InChI is InChI=1S/C36H67N3O2/c1-25(2)11-8-12-28(33(41)38-22-10-24-39(7)23-9-21-37)27-15-19-35(5)30(27)13-14-32-34(4)18-17-31(40)26(3)29(34)16-20-36(32,35)6/h25-32,40H,8-24,37H2,1-7H3,(H,38,41)/t26-,27+,28?,29?,30?,31+,32?,34-,35-,36-/m0/s1. The molecular weight excluding hydrogens is 506 g/mol. The van der Waals surface area contributed by atoms with E-state index in [1.807, 2.05) is 0 Å². The van der Waals surface area contributed by atoms with E-state index in [9.17, 15) is 9.90 Å². The maximum atomic E-state index is 13.9. The van der Waals surface area contributed by atoms with Gasteiger partial charge in [-0.15, -0.1) is 0 Å². The van der Waals surface area contributed by atoms with Crippen LogP contribution in [0.15, 0.2) is 0 Å². The predicted molar refractivity (Wildman–Crippen MR) is 171 cm³/mol. The summed E-state index contributed by atoms with van der Waals surface area (Å²) < 4.78 is 0. The fraction of sp³-hybridized carbons (Fsp3) is 0.972. The van der Waals surface area contributed by atoms with Crippen molar-refractivity contribution in [2.75, 3.05) is 33.2 Å². The molecule has 4 saturated carbocycles. The number of rotatable bonds is 13. The molecule has 4 fully saturated rings. The minimum atomic E-state index is -0.114. The van der Waals surface area contributed by atoms with E-state index in [0.29, 0.717) is 51.7 Å². The number of amides is 1. The van der Waals surface area contributed by atoms with Crippen LogP contribution in [-0.4, -0.2) is 55.2 Å². The van der Waals surface area contributed by atoms with Gasteiger partial charge in [-0.1, -0.05) is 54.4 Å². The monoisotopic (exact) mass is 574 g/mol. The Bertz CT molecular complexity index is 864. The fourth-order valence-electron chi connectivity index (χ4n) is 11.3. The van der Waals surface area contributed by atoms with Gasteiger partial charge in [-0.3, -0.25) is 4.79 Å². The Morgan fingerprint density at radius 2 is 1.63 bits per heavy atom. The van der Waals surface area contributed by atoms with Gasteiger partial charge in [-0.05, 0) is 149 Å².